The molecule has 1 aromatic rings. The zero-order chi connectivity index (χ0) is 23.4. The number of piperazine rings is 1. The molecule has 2 unspecified atom stereocenters. The lowest BCUT2D eigenvalue weighted by molar-refractivity contribution is -0.171. The number of hydrogen-bond donors (Lipinski definition) is 2. The first-order valence-corrected chi connectivity index (χ1v) is 12.4. The zero-order valence-electron chi connectivity index (χ0n) is 20.0. The second-order valence-corrected chi connectivity index (χ2v) is 11.3. The summed E-state index contributed by atoms with van der Waals surface area (Å²) >= 11 is 0. The van der Waals surface area contributed by atoms with Crippen molar-refractivity contribution in [2.45, 2.75) is 57.5 Å². The first-order valence-electron chi connectivity index (χ1n) is 12.4. The molecule has 0 spiro atoms. The quantitative estimate of drug-likeness (QED) is 0.665. The minimum absolute atomic E-state index is 0.0469. The Morgan fingerprint density at radius 2 is 1.70 bits per heavy atom. The summed E-state index contributed by atoms with van der Waals surface area (Å²) in [7, 11) is 1.50. The van der Waals surface area contributed by atoms with Crippen LogP contribution in [0, 0.1) is 23.2 Å². The molecule has 1 aromatic carbocycles. The molecule has 2 N–H and O–H groups in total. The van der Waals surface area contributed by atoms with Crippen LogP contribution in [0.3, 0.4) is 0 Å². The van der Waals surface area contributed by atoms with E-state index in [1.165, 1.54) is 7.11 Å². The Labute approximate surface area is 196 Å². The lowest BCUT2D eigenvalue weighted by Gasteiger charge is -2.59. The molecule has 180 valence electrons. The number of benzene rings is 1. The molecular formula is C26H37N3O4. The van der Waals surface area contributed by atoms with E-state index >= 15 is 0 Å². The highest BCUT2D eigenvalue weighted by Gasteiger charge is 2.59. The number of anilines is 1. The van der Waals surface area contributed by atoms with Gasteiger partial charge in [0.2, 0.25) is 5.91 Å². The molecule has 4 saturated carbocycles. The number of nitrogens with zero attached hydrogens (tertiary/aromatic N) is 2. The van der Waals surface area contributed by atoms with Gasteiger partial charge in [0.05, 0.1) is 23.8 Å². The van der Waals surface area contributed by atoms with Crippen LogP contribution >= 0.6 is 0 Å². The number of hydrogen-bond acceptors (Lipinski definition) is 6. The molecule has 5 fully saturated rings. The van der Waals surface area contributed by atoms with Gasteiger partial charge in [0, 0.05) is 32.2 Å². The maximum atomic E-state index is 13.5. The monoisotopic (exact) mass is 455 g/mol. The van der Waals surface area contributed by atoms with Crippen LogP contribution in [0.15, 0.2) is 24.3 Å². The average Bonchev–Trinajstić information content (AvgIpc) is 2.80. The van der Waals surface area contributed by atoms with E-state index in [1.54, 1.807) is 6.07 Å². The Bertz CT molecular complexity index is 908. The highest BCUT2D eigenvalue weighted by atomic mass is 16.5. The molecule has 1 heterocycles. The third kappa shape index (κ3) is 3.78. The summed E-state index contributed by atoms with van der Waals surface area (Å²) < 4.78 is 5.18. The minimum atomic E-state index is -0.612. The van der Waals surface area contributed by atoms with Crippen LogP contribution in [0.2, 0.25) is 0 Å². The van der Waals surface area contributed by atoms with Crippen LogP contribution < -0.4 is 10.2 Å². The lowest BCUT2D eigenvalue weighted by atomic mass is 9.48. The van der Waals surface area contributed by atoms with E-state index in [2.05, 4.69) is 15.1 Å². The molecule has 7 nitrogen and oxygen atoms in total. The van der Waals surface area contributed by atoms with Crippen LogP contribution in [0.1, 0.15) is 46.0 Å². The maximum absolute atomic E-state index is 13.5. The maximum Gasteiger partial charge on any atom is 0.311 e. The van der Waals surface area contributed by atoms with Crippen molar-refractivity contribution in [3.63, 3.8) is 0 Å². The number of para-hydroxylation sites is 2. The van der Waals surface area contributed by atoms with Gasteiger partial charge in [0.25, 0.3) is 0 Å². The Hall–Kier alpha value is -2.28. The topological polar surface area (TPSA) is 82.1 Å². The van der Waals surface area contributed by atoms with Crippen LogP contribution in [0.4, 0.5) is 5.69 Å². The fourth-order valence-corrected chi connectivity index (χ4v) is 7.44. The predicted octanol–water partition coefficient (Wildman–Crippen LogP) is 2.78. The molecule has 4 bridgehead atoms. The molecule has 33 heavy (non-hydrogen) atoms. The molecule has 6 rings (SSSR count). The van der Waals surface area contributed by atoms with Gasteiger partial charge in [-0.2, -0.15) is 0 Å². The number of carbonyl (C=O) groups is 2. The molecule has 2 atom stereocenters. The molecule has 0 radical (unpaired) electrons. The van der Waals surface area contributed by atoms with E-state index in [1.807, 2.05) is 32.0 Å². The Morgan fingerprint density at radius 1 is 1.06 bits per heavy atom. The Balaban J connectivity index is 1.22. The largest absolute Gasteiger partial charge is 0.506 e. The summed E-state index contributed by atoms with van der Waals surface area (Å²) in [5.41, 5.74) is -0.0755. The number of phenolic OH excluding ortho intramolecular Hbond substituents is 1. The second-order valence-electron chi connectivity index (χ2n) is 11.3. The molecule has 5 aliphatic rings. The number of nitrogens with one attached hydrogen (secondary N) is 1. The highest BCUT2D eigenvalue weighted by Crippen LogP contribution is 2.60. The summed E-state index contributed by atoms with van der Waals surface area (Å²) in [6, 6.07) is 7.59. The normalized spacial score (nSPS) is 33.7. The van der Waals surface area contributed by atoms with Crippen molar-refractivity contribution in [2.24, 2.45) is 23.2 Å². The molecular weight excluding hydrogens is 418 g/mol. The van der Waals surface area contributed by atoms with Crippen LogP contribution in [-0.2, 0) is 14.3 Å². The number of methoxy groups -OCH3 is 1. The van der Waals surface area contributed by atoms with Gasteiger partial charge in [-0.05, 0) is 75.8 Å². The van der Waals surface area contributed by atoms with Gasteiger partial charge >= 0.3 is 5.97 Å². The van der Waals surface area contributed by atoms with E-state index in [-0.39, 0.29) is 23.3 Å². The second kappa shape index (κ2) is 8.19. The van der Waals surface area contributed by atoms with Crippen molar-refractivity contribution in [1.29, 1.82) is 0 Å². The summed E-state index contributed by atoms with van der Waals surface area (Å²) in [5.74, 6) is 1.67. The minimum Gasteiger partial charge on any atom is -0.506 e. The molecule has 7 heteroatoms. The van der Waals surface area contributed by atoms with Gasteiger partial charge in [0.15, 0.2) is 0 Å². The summed E-state index contributed by atoms with van der Waals surface area (Å²) in [5, 5.41) is 13.6. The van der Waals surface area contributed by atoms with Gasteiger partial charge in [-0.3, -0.25) is 14.5 Å². The van der Waals surface area contributed by atoms with E-state index in [9.17, 15) is 14.7 Å². The van der Waals surface area contributed by atoms with Crippen molar-refractivity contribution >= 4 is 17.6 Å². The van der Waals surface area contributed by atoms with Crippen molar-refractivity contribution < 1.29 is 19.4 Å². The van der Waals surface area contributed by atoms with Gasteiger partial charge in [-0.15, -0.1) is 0 Å². The van der Waals surface area contributed by atoms with Crippen LogP contribution in [0.25, 0.3) is 0 Å². The zero-order valence-corrected chi connectivity index (χ0v) is 20.0. The number of esters is 1. The number of carbonyl (C=O) groups excluding carboxylic acids is 2. The molecule has 0 aromatic heterocycles. The van der Waals surface area contributed by atoms with Crippen molar-refractivity contribution in [1.82, 2.24) is 10.2 Å². The van der Waals surface area contributed by atoms with Gasteiger partial charge in [0.1, 0.15) is 5.75 Å². The number of amides is 1. The Kier molecular flexibility index (Phi) is 5.58. The number of aromatic hydroxyl groups is 1. The summed E-state index contributed by atoms with van der Waals surface area (Å²) in [6.45, 7) is 7.10. The SMILES string of the molecule is COC(=O)C12CC3CC(C1)C(NC(=O)C(C)(C)N1CCN(c4ccccc4O)CC1)C(C3)C2. The van der Waals surface area contributed by atoms with Crippen LogP contribution in [0.5, 0.6) is 5.75 Å². The van der Waals surface area contributed by atoms with E-state index in [0.717, 1.165) is 64.0 Å². The smallest absolute Gasteiger partial charge is 0.311 e. The number of rotatable bonds is 5. The van der Waals surface area contributed by atoms with Crippen molar-refractivity contribution in [2.75, 3.05) is 38.2 Å². The van der Waals surface area contributed by atoms with Crippen molar-refractivity contribution in [3.8, 4) is 5.75 Å². The number of ether oxygens (including phenoxy) is 1. The average molecular weight is 456 g/mol. The lowest BCUT2D eigenvalue weighted by Crippen LogP contribution is -2.66. The van der Waals surface area contributed by atoms with Crippen molar-refractivity contribution in [3.05, 3.63) is 24.3 Å². The Morgan fingerprint density at radius 3 is 2.30 bits per heavy atom. The van der Waals surface area contributed by atoms with E-state index < -0.39 is 5.54 Å². The van der Waals surface area contributed by atoms with Gasteiger partial charge in [-0.1, -0.05) is 12.1 Å². The molecule has 1 aliphatic heterocycles. The fraction of sp³-hybridized carbons (Fsp3) is 0.692. The fourth-order valence-electron chi connectivity index (χ4n) is 7.44. The molecule has 4 aliphatic carbocycles. The third-order valence-electron chi connectivity index (χ3n) is 9.04. The van der Waals surface area contributed by atoms with Crippen LogP contribution in [-0.4, -0.2) is 66.8 Å². The predicted molar refractivity (Wildman–Crippen MR) is 126 cm³/mol. The molecule has 1 amide bonds. The summed E-state index contributed by atoms with van der Waals surface area (Å²) in [4.78, 5) is 30.5. The van der Waals surface area contributed by atoms with Gasteiger partial charge in [-0.25, -0.2) is 0 Å². The standard InChI is InChI=1S/C26H37N3O4/c1-25(2,29-10-8-28(9-11-29)20-6-4-5-7-21(20)30)23(31)27-22-18-12-17-13-19(22)16-26(14-17,15-18)24(32)33-3/h4-7,17-19,22,30H,8-16H2,1-3H3,(H,27,31). The number of phenols is 1. The summed E-state index contributed by atoms with van der Waals surface area (Å²) in [6.07, 6.45) is 4.87. The van der Waals surface area contributed by atoms with E-state index in [4.69, 9.17) is 4.74 Å². The third-order valence-corrected chi connectivity index (χ3v) is 9.04. The van der Waals surface area contributed by atoms with Gasteiger partial charge < -0.3 is 20.1 Å². The molecule has 1 saturated heterocycles. The first kappa shape index (κ1) is 22.5. The highest BCUT2D eigenvalue weighted by molar-refractivity contribution is 5.86. The van der Waals surface area contributed by atoms with E-state index in [0.29, 0.717) is 23.5 Å². The first-order chi connectivity index (χ1) is 15.7.